The fourth-order valence-corrected chi connectivity index (χ4v) is 3.94. The van der Waals surface area contributed by atoms with E-state index in [0.717, 1.165) is 22.5 Å². The van der Waals surface area contributed by atoms with Gasteiger partial charge in [-0.2, -0.15) is 0 Å². The zero-order valence-electron chi connectivity index (χ0n) is 17.3. The largest absolute Gasteiger partial charge is 0.326 e. The van der Waals surface area contributed by atoms with Crippen LogP contribution in [0.15, 0.2) is 53.7 Å². The molecule has 0 saturated heterocycles. The van der Waals surface area contributed by atoms with E-state index in [2.05, 4.69) is 26.9 Å². The number of hydrogen-bond donors (Lipinski definition) is 2. The highest BCUT2D eigenvalue weighted by Crippen LogP contribution is 2.19. The molecule has 0 aliphatic rings. The van der Waals surface area contributed by atoms with Crippen molar-refractivity contribution >= 4 is 35.0 Å². The quantitative estimate of drug-likeness (QED) is 0.538. The van der Waals surface area contributed by atoms with Crippen molar-refractivity contribution in [3.63, 3.8) is 0 Å². The molecule has 0 aliphatic heterocycles. The summed E-state index contributed by atoms with van der Waals surface area (Å²) in [5.41, 5.74) is 3.72. The molecule has 0 radical (unpaired) electrons. The average molecular weight is 424 g/mol. The fraction of sp³-hybridized carbons (Fsp3) is 0.273. The second kappa shape index (κ2) is 10.1. The Balaban J connectivity index is 1.58. The van der Waals surface area contributed by atoms with Crippen LogP contribution in [0.4, 0.5) is 11.4 Å². The number of anilines is 2. The van der Waals surface area contributed by atoms with Crippen LogP contribution in [0.3, 0.4) is 0 Å². The van der Waals surface area contributed by atoms with Gasteiger partial charge in [0.05, 0.1) is 12.2 Å². The van der Waals surface area contributed by atoms with Crippen molar-refractivity contribution < 1.29 is 9.59 Å². The van der Waals surface area contributed by atoms with Crippen molar-refractivity contribution in [2.75, 3.05) is 16.4 Å². The third kappa shape index (κ3) is 5.93. The van der Waals surface area contributed by atoms with E-state index in [0.29, 0.717) is 17.5 Å². The highest BCUT2D eigenvalue weighted by Gasteiger charge is 2.16. The number of nitrogens with zero attached hydrogens (tertiary/aromatic N) is 3. The van der Waals surface area contributed by atoms with Gasteiger partial charge in [-0.15, -0.1) is 10.2 Å². The Morgan fingerprint density at radius 3 is 2.27 bits per heavy atom. The standard InChI is InChI=1S/C22H25N5O2S/c1-4-27-19(13-20(28)23-17-8-6-5-7-9-17)25-26-22(27)30-14-21(29)24-18-11-15(2)10-16(3)12-18/h5-12H,4,13-14H2,1-3H3,(H,23,28)(H,24,29). The van der Waals surface area contributed by atoms with Gasteiger partial charge in [-0.3, -0.25) is 9.59 Å². The molecule has 7 nitrogen and oxygen atoms in total. The van der Waals surface area contributed by atoms with Crippen molar-refractivity contribution in [1.82, 2.24) is 14.8 Å². The zero-order valence-corrected chi connectivity index (χ0v) is 18.1. The number of amides is 2. The average Bonchev–Trinajstić information content (AvgIpc) is 3.07. The molecule has 0 atom stereocenters. The summed E-state index contributed by atoms with van der Waals surface area (Å²) in [6, 6.07) is 15.2. The summed E-state index contributed by atoms with van der Waals surface area (Å²) in [5.74, 6) is 0.510. The van der Waals surface area contributed by atoms with Crippen molar-refractivity contribution in [3.05, 3.63) is 65.5 Å². The molecule has 2 N–H and O–H groups in total. The monoisotopic (exact) mass is 423 g/mol. The number of aryl methyl sites for hydroxylation is 2. The topological polar surface area (TPSA) is 88.9 Å². The maximum absolute atomic E-state index is 12.3. The van der Waals surface area contributed by atoms with Gasteiger partial charge in [-0.05, 0) is 56.2 Å². The van der Waals surface area contributed by atoms with Crippen molar-refractivity contribution in [3.8, 4) is 0 Å². The Kier molecular flexibility index (Phi) is 7.24. The van der Waals surface area contributed by atoms with Crippen LogP contribution >= 0.6 is 11.8 Å². The molecule has 2 amide bonds. The minimum atomic E-state index is -0.160. The molecule has 1 aromatic heterocycles. The lowest BCUT2D eigenvalue weighted by atomic mass is 10.1. The third-order valence-electron chi connectivity index (χ3n) is 4.32. The van der Waals surface area contributed by atoms with Gasteiger partial charge in [0.25, 0.3) is 0 Å². The van der Waals surface area contributed by atoms with Crippen LogP contribution in [0, 0.1) is 13.8 Å². The van der Waals surface area contributed by atoms with E-state index in [-0.39, 0.29) is 24.0 Å². The van der Waals surface area contributed by atoms with E-state index in [4.69, 9.17) is 0 Å². The van der Waals surface area contributed by atoms with Crippen molar-refractivity contribution in [2.24, 2.45) is 0 Å². The third-order valence-corrected chi connectivity index (χ3v) is 5.29. The number of nitrogens with one attached hydrogen (secondary N) is 2. The smallest absolute Gasteiger partial charge is 0.234 e. The number of carbonyl (C=O) groups excluding carboxylic acids is 2. The molecule has 3 rings (SSSR count). The molecular formula is C22H25N5O2S. The Morgan fingerprint density at radius 1 is 0.933 bits per heavy atom. The predicted molar refractivity (Wildman–Crippen MR) is 120 cm³/mol. The molecule has 2 aromatic carbocycles. The lowest BCUT2D eigenvalue weighted by Crippen LogP contribution is -2.18. The Labute approximate surface area is 180 Å². The lowest BCUT2D eigenvalue weighted by molar-refractivity contribution is -0.116. The van der Waals surface area contributed by atoms with Crippen molar-refractivity contribution in [1.29, 1.82) is 0 Å². The van der Waals surface area contributed by atoms with Crippen LogP contribution in [0.2, 0.25) is 0 Å². The van der Waals surface area contributed by atoms with E-state index in [1.54, 1.807) is 0 Å². The molecular weight excluding hydrogens is 398 g/mol. The summed E-state index contributed by atoms with van der Waals surface area (Å²) in [6.07, 6.45) is 0.116. The highest BCUT2D eigenvalue weighted by atomic mass is 32.2. The van der Waals surface area contributed by atoms with Crippen LogP contribution in [-0.2, 0) is 22.6 Å². The first-order chi connectivity index (χ1) is 14.4. The number of carbonyl (C=O) groups is 2. The molecule has 0 saturated carbocycles. The number of para-hydroxylation sites is 1. The van der Waals surface area contributed by atoms with Gasteiger partial charge in [0.2, 0.25) is 11.8 Å². The van der Waals surface area contributed by atoms with Crippen LogP contribution < -0.4 is 10.6 Å². The highest BCUT2D eigenvalue weighted by molar-refractivity contribution is 7.99. The molecule has 1 heterocycles. The Morgan fingerprint density at radius 2 is 1.60 bits per heavy atom. The molecule has 30 heavy (non-hydrogen) atoms. The second-order valence-electron chi connectivity index (χ2n) is 6.95. The van der Waals surface area contributed by atoms with Gasteiger partial charge in [-0.1, -0.05) is 36.0 Å². The molecule has 0 bridgehead atoms. The number of benzene rings is 2. The van der Waals surface area contributed by atoms with Gasteiger partial charge in [-0.25, -0.2) is 0 Å². The van der Waals surface area contributed by atoms with Gasteiger partial charge < -0.3 is 15.2 Å². The number of rotatable bonds is 8. The van der Waals surface area contributed by atoms with E-state index in [9.17, 15) is 9.59 Å². The van der Waals surface area contributed by atoms with E-state index < -0.39 is 0 Å². The maximum atomic E-state index is 12.3. The van der Waals surface area contributed by atoms with Gasteiger partial charge in [0, 0.05) is 17.9 Å². The predicted octanol–water partition coefficient (Wildman–Crippen LogP) is 3.83. The Bertz CT molecular complexity index is 1010. The van der Waals surface area contributed by atoms with Crippen LogP contribution in [0.1, 0.15) is 23.9 Å². The lowest BCUT2D eigenvalue weighted by Gasteiger charge is -2.09. The van der Waals surface area contributed by atoms with E-state index in [1.807, 2.05) is 67.8 Å². The van der Waals surface area contributed by atoms with Crippen molar-refractivity contribution in [2.45, 2.75) is 38.9 Å². The molecule has 0 fully saturated rings. The summed E-state index contributed by atoms with van der Waals surface area (Å²) >= 11 is 1.30. The van der Waals surface area contributed by atoms with E-state index >= 15 is 0 Å². The minimum absolute atomic E-state index is 0.112. The summed E-state index contributed by atoms with van der Waals surface area (Å²) in [4.78, 5) is 24.7. The van der Waals surface area contributed by atoms with Gasteiger partial charge in [0.15, 0.2) is 5.16 Å². The molecule has 0 unspecified atom stereocenters. The van der Waals surface area contributed by atoms with Crippen LogP contribution in [0.25, 0.3) is 0 Å². The van der Waals surface area contributed by atoms with Gasteiger partial charge >= 0.3 is 0 Å². The van der Waals surface area contributed by atoms with Crippen LogP contribution in [-0.4, -0.2) is 32.3 Å². The Hall–Kier alpha value is -3.13. The summed E-state index contributed by atoms with van der Waals surface area (Å²) in [6.45, 7) is 6.57. The molecule has 3 aromatic rings. The van der Waals surface area contributed by atoms with Crippen LogP contribution in [0.5, 0.6) is 0 Å². The molecule has 0 spiro atoms. The second-order valence-corrected chi connectivity index (χ2v) is 7.89. The first kappa shape index (κ1) is 21.6. The first-order valence-electron chi connectivity index (χ1n) is 9.72. The van der Waals surface area contributed by atoms with Gasteiger partial charge in [0.1, 0.15) is 5.82 Å². The summed E-state index contributed by atoms with van der Waals surface area (Å²) in [5, 5.41) is 14.7. The molecule has 8 heteroatoms. The number of thioether (sulfide) groups is 1. The molecule has 156 valence electrons. The normalized spacial score (nSPS) is 10.6. The first-order valence-corrected chi connectivity index (χ1v) is 10.7. The number of aromatic nitrogens is 3. The van der Waals surface area contributed by atoms with E-state index in [1.165, 1.54) is 11.8 Å². The fourth-order valence-electron chi connectivity index (χ4n) is 3.12. The number of hydrogen-bond acceptors (Lipinski definition) is 5. The maximum Gasteiger partial charge on any atom is 0.234 e. The zero-order chi connectivity index (χ0) is 21.5. The minimum Gasteiger partial charge on any atom is -0.326 e. The summed E-state index contributed by atoms with van der Waals surface area (Å²) in [7, 11) is 0. The molecule has 0 aliphatic carbocycles. The summed E-state index contributed by atoms with van der Waals surface area (Å²) < 4.78 is 1.86. The SMILES string of the molecule is CCn1c(CC(=O)Nc2ccccc2)nnc1SCC(=O)Nc1cc(C)cc(C)c1.